The number of hydrogen-bond donors (Lipinski definition) is 2. The number of carbonyl (C=O) groups is 1. The summed E-state index contributed by atoms with van der Waals surface area (Å²) in [6.45, 7) is 4.81. The Kier molecular flexibility index (Phi) is 5.49. The second kappa shape index (κ2) is 7.98. The zero-order valence-corrected chi connectivity index (χ0v) is 14.3. The third-order valence-corrected chi connectivity index (χ3v) is 4.38. The number of anilines is 1. The molecule has 3 rings (SSSR count). The van der Waals surface area contributed by atoms with E-state index in [2.05, 4.69) is 25.1 Å². The van der Waals surface area contributed by atoms with E-state index in [0.717, 1.165) is 55.9 Å². The second-order valence-corrected chi connectivity index (χ2v) is 5.97. The molecule has 0 unspecified atom stereocenters. The molecule has 2 aromatic heterocycles. The van der Waals surface area contributed by atoms with Crippen molar-refractivity contribution < 1.29 is 14.6 Å². The largest absolute Gasteiger partial charge is 0.481 e. The molecule has 2 N–H and O–H groups in total. The molecule has 25 heavy (non-hydrogen) atoms. The lowest BCUT2D eigenvalue weighted by Crippen LogP contribution is -2.36. The topological polar surface area (TPSA) is 90.8 Å². The summed E-state index contributed by atoms with van der Waals surface area (Å²) in [5.41, 5.74) is 2.77. The number of nitrogens with zero attached hydrogens (tertiary/aromatic N) is 4. The van der Waals surface area contributed by atoms with Crippen LogP contribution in [0.1, 0.15) is 6.42 Å². The lowest BCUT2D eigenvalue weighted by atomic mass is 10.2. The molecule has 1 amide bonds. The number of ether oxygens (including phenoxy) is 1. The number of rotatable bonds is 5. The zero-order valence-electron chi connectivity index (χ0n) is 14.3. The van der Waals surface area contributed by atoms with Gasteiger partial charge in [-0.15, -0.1) is 0 Å². The highest BCUT2D eigenvalue weighted by Gasteiger charge is 2.18. The fraction of sp³-hybridized carbons (Fsp3) is 0.471. The van der Waals surface area contributed by atoms with Gasteiger partial charge in [-0.25, -0.2) is 9.78 Å². The summed E-state index contributed by atoms with van der Waals surface area (Å²) in [7, 11) is 1.61. The van der Waals surface area contributed by atoms with Gasteiger partial charge in [0.1, 0.15) is 5.52 Å². The van der Waals surface area contributed by atoms with Gasteiger partial charge in [0, 0.05) is 45.0 Å². The van der Waals surface area contributed by atoms with Crippen molar-refractivity contribution in [3.63, 3.8) is 0 Å². The molecule has 3 heterocycles. The maximum atomic E-state index is 10.6. The summed E-state index contributed by atoms with van der Waals surface area (Å²) >= 11 is 0. The minimum absolute atomic E-state index is 0.451. The van der Waals surface area contributed by atoms with E-state index in [1.165, 1.54) is 0 Å². The quantitative estimate of drug-likeness (QED) is 0.847. The van der Waals surface area contributed by atoms with Crippen LogP contribution in [-0.2, 0) is 0 Å². The third kappa shape index (κ3) is 4.27. The van der Waals surface area contributed by atoms with E-state index in [4.69, 9.17) is 9.84 Å². The molecule has 0 aliphatic carbocycles. The zero-order chi connectivity index (χ0) is 17.6. The van der Waals surface area contributed by atoms with Crippen molar-refractivity contribution in [2.75, 3.05) is 51.3 Å². The van der Waals surface area contributed by atoms with Crippen molar-refractivity contribution in [2.45, 2.75) is 6.42 Å². The van der Waals surface area contributed by atoms with Gasteiger partial charge < -0.3 is 20.1 Å². The van der Waals surface area contributed by atoms with E-state index in [9.17, 15) is 4.79 Å². The molecular formula is C17H23N5O3. The van der Waals surface area contributed by atoms with E-state index < -0.39 is 6.09 Å². The summed E-state index contributed by atoms with van der Waals surface area (Å²) in [5, 5.41) is 11.1. The van der Waals surface area contributed by atoms with E-state index in [0.29, 0.717) is 12.4 Å². The molecule has 1 aliphatic rings. The van der Waals surface area contributed by atoms with Crippen LogP contribution in [0, 0.1) is 0 Å². The molecule has 0 aromatic carbocycles. The summed E-state index contributed by atoms with van der Waals surface area (Å²) in [6.07, 6.45) is 1.85. The van der Waals surface area contributed by atoms with Crippen molar-refractivity contribution in [1.82, 2.24) is 20.2 Å². The van der Waals surface area contributed by atoms with Gasteiger partial charge in [-0.05, 0) is 25.1 Å². The lowest BCUT2D eigenvalue weighted by Gasteiger charge is -2.24. The summed E-state index contributed by atoms with van der Waals surface area (Å²) in [6, 6.07) is 5.74. The van der Waals surface area contributed by atoms with E-state index in [1.807, 2.05) is 24.4 Å². The maximum Gasteiger partial charge on any atom is 0.404 e. The van der Waals surface area contributed by atoms with Crippen LogP contribution in [0.15, 0.2) is 24.4 Å². The monoisotopic (exact) mass is 345 g/mol. The van der Waals surface area contributed by atoms with Gasteiger partial charge >= 0.3 is 6.09 Å². The number of hydrogen-bond acceptors (Lipinski definition) is 6. The molecular weight excluding hydrogens is 322 g/mol. The SMILES string of the molecule is COc1ccc2nccc(N3CCCN(CCNC(=O)O)CC3)c2n1. The van der Waals surface area contributed by atoms with Crippen LogP contribution in [0.3, 0.4) is 0 Å². The maximum absolute atomic E-state index is 10.6. The van der Waals surface area contributed by atoms with Crippen LogP contribution in [0.5, 0.6) is 5.88 Å². The van der Waals surface area contributed by atoms with Crippen molar-refractivity contribution in [3.8, 4) is 5.88 Å². The minimum Gasteiger partial charge on any atom is -0.481 e. The van der Waals surface area contributed by atoms with Crippen LogP contribution in [0.2, 0.25) is 0 Å². The predicted molar refractivity (Wildman–Crippen MR) is 95.4 cm³/mol. The Morgan fingerprint density at radius 3 is 2.96 bits per heavy atom. The molecule has 0 saturated carbocycles. The van der Waals surface area contributed by atoms with E-state index in [1.54, 1.807) is 7.11 Å². The predicted octanol–water partition coefficient (Wildman–Crippen LogP) is 1.42. The van der Waals surface area contributed by atoms with Gasteiger partial charge in [-0.3, -0.25) is 9.88 Å². The van der Waals surface area contributed by atoms with Gasteiger partial charge in [0.2, 0.25) is 5.88 Å². The average molecular weight is 345 g/mol. The van der Waals surface area contributed by atoms with Crippen LogP contribution < -0.4 is 15.0 Å². The standard InChI is InChI=1S/C17H23N5O3/c1-25-15-4-3-13-16(20-15)14(5-6-18-13)22-9-2-8-21(11-12-22)10-7-19-17(23)24/h3-6,19H,2,7-12H2,1H3,(H,23,24). The molecule has 0 bridgehead atoms. The van der Waals surface area contributed by atoms with Crippen LogP contribution in [0.4, 0.5) is 10.5 Å². The number of aromatic nitrogens is 2. The number of carboxylic acid groups (broad SMARTS) is 1. The first-order chi connectivity index (χ1) is 12.2. The van der Waals surface area contributed by atoms with Crippen molar-refractivity contribution in [2.24, 2.45) is 0 Å². The van der Waals surface area contributed by atoms with Crippen molar-refractivity contribution >= 4 is 22.8 Å². The number of pyridine rings is 2. The summed E-state index contributed by atoms with van der Waals surface area (Å²) < 4.78 is 5.25. The van der Waals surface area contributed by atoms with Gasteiger partial charge in [0.05, 0.1) is 18.3 Å². The molecule has 134 valence electrons. The number of fused-ring (bicyclic) bond motifs is 1. The lowest BCUT2D eigenvalue weighted by molar-refractivity contribution is 0.191. The Morgan fingerprint density at radius 1 is 1.28 bits per heavy atom. The molecule has 1 saturated heterocycles. The van der Waals surface area contributed by atoms with Gasteiger partial charge in [0.15, 0.2) is 0 Å². The molecule has 1 fully saturated rings. The Labute approximate surface area is 146 Å². The Morgan fingerprint density at radius 2 is 2.16 bits per heavy atom. The molecule has 0 atom stereocenters. The highest BCUT2D eigenvalue weighted by atomic mass is 16.5. The van der Waals surface area contributed by atoms with Gasteiger partial charge in [-0.1, -0.05) is 0 Å². The first-order valence-electron chi connectivity index (χ1n) is 8.41. The molecule has 8 nitrogen and oxygen atoms in total. The molecule has 8 heteroatoms. The summed E-state index contributed by atoms with van der Waals surface area (Å²) in [5.74, 6) is 0.581. The normalized spacial score (nSPS) is 15.8. The van der Waals surface area contributed by atoms with Crippen LogP contribution in [-0.4, -0.2) is 72.4 Å². The molecule has 0 radical (unpaired) electrons. The van der Waals surface area contributed by atoms with Crippen LogP contribution >= 0.6 is 0 Å². The first-order valence-corrected chi connectivity index (χ1v) is 8.41. The van der Waals surface area contributed by atoms with E-state index in [-0.39, 0.29) is 0 Å². The van der Waals surface area contributed by atoms with Gasteiger partial charge in [0.25, 0.3) is 0 Å². The smallest absolute Gasteiger partial charge is 0.404 e. The van der Waals surface area contributed by atoms with Crippen molar-refractivity contribution in [1.29, 1.82) is 0 Å². The van der Waals surface area contributed by atoms with Gasteiger partial charge in [-0.2, -0.15) is 0 Å². The Bertz CT molecular complexity index is 739. The Balaban J connectivity index is 1.72. The highest BCUT2D eigenvalue weighted by molar-refractivity contribution is 5.88. The van der Waals surface area contributed by atoms with Crippen molar-refractivity contribution in [3.05, 3.63) is 24.4 Å². The fourth-order valence-corrected chi connectivity index (χ4v) is 3.12. The minimum atomic E-state index is -0.972. The fourth-order valence-electron chi connectivity index (χ4n) is 3.12. The third-order valence-electron chi connectivity index (χ3n) is 4.38. The molecule has 0 spiro atoms. The number of methoxy groups -OCH3 is 1. The number of nitrogens with one attached hydrogen (secondary N) is 1. The molecule has 1 aliphatic heterocycles. The average Bonchev–Trinajstić information content (AvgIpc) is 2.86. The van der Waals surface area contributed by atoms with E-state index >= 15 is 0 Å². The second-order valence-electron chi connectivity index (χ2n) is 5.97. The first kappa shape index (κ1) is 17.2. The van der Waals surface area contributed by atoms with Crippen LogP contribution in [0.25, 0.3) is 11.0 Å². The highest BCUT2D eigenvalue weighted by Crippen LogP contribution is 2.26. The Hall–Kier alpha value is -2.61. The molecule has 2 aromatic rings. The summed E-state index contributed by atoms with van der Waals surface area (Å²) in [4.78, 5) is 24.1. The number of amides is 1.